The van der Waals surface area contributed by atoms with E-state index < -0.39 is 12.0 Å². The maximum absolute atomic E-state index is 13.0. The summed E-state index contributed by atoms with van der Waals surface area (Å²) in [5, 5.41) is 10.5. The number of benzene rings is 2. The fourth-order valence-corrected chi connectivity index (χ4v) is 3.66. The number of hydrogen-bond acceptors (Lipinski definition) is 5. The summed E-state index contributed by atoms with van der Waals surface area (Å²) in [4.78, 5) is 39.6. The Kier molecular flexibility index (Phi) is 7.61. The summed E-state index contributed by atoms with van der Waals surface area (Å²) in [5.41, 5.74) is 8.34. The van der Waals surface area contributed by atoms with Crippen LogP contribution >= 0.6 is 0 Å². The standard InChI is InChI=1S/C25H28N4O4/c1-3-33-22(30)15-21(17-7-6-8-18(14-17)23(26)27)28-24(31)19-9-10-20(16(2)13-19)25(32)29-11-4-5-12-29/h4-10,13-14,21H,3,11-12,15H2,1-2H3,(H3,26,27)(H,28,31). The molecular formula is C25H28N4O4. The molecule has 8 nitrogen and oxygen atoms in total. The number of amidine groups is 1. The molecular weight excluding hydrogens is 420 g/mol. The van der Waals surface area contributed by atoms with E-state index in [1.54, 1.807) is 61.2 Å². The third kappa shape index (κ3) is 5.85. The molecule has 0 saturated heterocycles. The molecule has 0 bridgehead atoms. The van der Waals surface area contributed by atoms with Gasteiger partial charge in [-0.15, -0.1) is 0 Å². The van der Waals surface area contributed by atoms with E-state index in [1.165, 1.54) is 0 Å². The van der Waals surface area contributed by atoms with Gasteiger partial charge < -0.3 is 20.7 Å². The molecule has 2 amide bonds. The van der Waals surface area contributed by atoms with Crippen LogP contribution in [0.4, 0.5) is 0 Å². The van der Waals surface area contributed by atoms with E-state index >= 15 is 0 Å². The Morgan fingerprint density at radius 2 is 1.85 bits per heavy atom. The maximum Gasteiger partial charge on any atom is 0.308 e. The van der Waals surface area contributed by atoms with Crippen molar-refractivity contribution in [3.8, 4) is 0 Å². The lowest BCUT2D eigenvalue weighted by Gasteiger charge is -2.20. The normalized spacial score (nSPS) is 13.5. The summed E-state index contributed by atoms with van der Waals surface area (Å²) in [5.74, 6) is -1.03. The Morgan fingerprint density at radius 3 is 2.48 bits per heavy atom. The molecule has 0 fully saturated rings. The van der Waals surface area contributed by atoms with Gasteiger partial charge in [0.25, 0.3) is 11.8 Å². The smallest absolute Gasteiger partial charge is 0.308 e. The molecule has 1 atom stereocenters. The van der Waals surface area contributed by atoms with Crippen LogP contribution in [0.3, 0.4) is 0 Å². The van der Waals surface area contributed by atoms with E-state index in [9.17, 15) is 14.4 Å². The number of amides is 2. The molecule has 2 aromatic rings. The minimum Gasteiger partial charge on any atom is -0.466 e. The van der Waals surface area contributed by atoms with Crippen LogP contribution in [0, 0.1) is 12.3 Å². The van der Waals surface area contributed by atoms with Crippen molar-refractivity contribution in [1.82, 2.24) is 10.2 Å². The summed E-state index contributed by atoms with van der Waals surface area (Å²) < 4.78 is 5.06. The second kappa shape index (κ2) is 10.6. The van der Waals surface area contributed by atoms with Gasteiger partial charge in [-0.05, 0) is 49.2 Å². The van der Waals surface area contributed by atoms with Gasteiger partial charge in [0.1, 0.15) is 5.84 Å². The maximum atomic E-state index is 13.0. The van der Waals surface area contributed by atoms with Crippen LogP contribution in [0.1, 0.15) is 56.8 Å². The number of nitrogens with one attached hydrogen (secondary N) is 2. The number of esters is 1. The zero-order chi connectivity index (χ0) is 24.0. The lowest BCUT2D eigenvalue weighted by Crippen LogP contribution is -2.31. The van der Waals surface area contributed by atoms with Gasteiger partial charge >= 0.3 is 5.97 Å². The second-order valence-electron chi connectivity index (χ2n) is 7.79. The fraction of sp³-hybridized carbons (Fsp3) is 0.280. The molecule has 1 heterocycles. The van der Waals surface area contributed by atoms with Gasteiger partial charge in [0.2, 0.25) is 0 Å². The topological polar surface area (TPSA) is 126 Å². The van der Waals surface area contributed by atoms with Crippen LogP contribution in [-0.2, 0) is 9.53 Å². The summed E-state index contributed by atoms with van der Waals surface area (Å²) >= 11 is 0. The zero-order valence-electron chi connectivity index (χ0n) is 18.8. The predicted octanol–water partition coefficient (Wildman–Crippen LogP) is 2.72. The molecule has 3 rings (SSSR count). The number of carbonyl (C=O) groups excluding carboxylic acids is 3. The Bertz CT molecular complexity index is 1100. The van der Waals surface area contributed by atoms with Crippen molar-refractivity contribution >= 4 is 23.6 Å². The number of ether oxygens (including phenoxy) is 1. The highest BCUT2D eigenvalue weighted by molar-refractivity contribution is 5.99. The lowest BCUT2D eigenvalue weighted by atomic mass is 9.99. The first-order valence-corrected chi connectivity index (χ1v) is 10.8. The average Bonchev–Trinajstić information content (AvgIpc) is 3.33. The van der Waals surface area contributed by atoms with Crippen molar-refractivity contribution in [2.75, 3.05) is 19.7 Å². The van der Waals surface area contributed by atoms with Crippen LogP contribution in [0.25, 0.3) is 0 Å². The Labute approximate surface area is 192 Å². The Balaban J connectivity index is 1.81. The summed E-state index contributed by atoms with van der Waals surface area (Å²) in [6.07, 6.45) is 3.82. The van der Waals surface area contributed by atoms with Crippen LogP contribution in [0.5, 0.6) is 0 Å². The quantitative estimate of drug-likeness (QED) is 0.248. The number of nitrogens with two attached hydrogens (primary N) is 1. The van der Waals surface area contributed by atoms with Gasteiger partial charge in [0, 0.05) is 29.8 Å². The van der Waals surface area contributed by atoms with E-state index in [1.807, 2.05) is 12.2 Å². The first-order valence-electron chi connectivity index (χ1n) is 10.8. The molecule has 0 aromatic heterocycles. The van der Waals surface area contributed by atoms with E-state index in [0.29, 0.717) is 40.9 Å². The van der Waals surface area contributed by atoms with Gasteiger partial charge in [-0.2, -0.15) is 0 Å². The Morgan fingerprint density at radius 1 is 1.12 bits per heavy atom. The van der Waals surface area contributed by atoms with Crippen molar-refractivity contribution in [3.63, 3.8) is 0 Å². The molecule has 0 spiro atoms. The number of carbonyl (C=O) groups is 3. The highest BCUT2D eigenvalue weighted by Crippen LogP contribution is 2.21. The first-order chi connectivity index (χ1) is 15.8. The van der Waals surface area contributed by atoms with Crippen molar-refractivity contribution in [3.05, 3.63) is 82.4 Å². The molecule has 33 heavy (non-hydrogen) atoms. The van der Waals surface area contributed by atoms with E-state index in [2.05, 4.69) is 5.32 Å². The number of nitrogens with zero attached hydrogens (tertiary/aromatic N) is 1. The largest absolute Gasteiger partial charge is 0.466 e. The molecule has 1 unspecified atom stereocenters. The highest BCUT2D eigenvalue weighted by atomic mass is 16.5. The van der Waals surface area contributed by atoms with E-state index in [4.69, 9.17) is 15.9 Å². The predicted molar refractivity (Wildman–Crippen MR) is 125 cm³/mol. The highest BCUT2D eigenvalue weighted by Gasteiger charge is 2.23. The summed E-state index contributed by atoms with van der Waals surface area (Å²) in [6.45, 7) is 4.89. The van der Waals surface area contributed by atoms with E-state index in [0.717, 1.165) is 0 Å². The number of rotatable bonds is 8. The van der Waals surface area contributed by atoms with Crippen LogP contribution < -0.4 is 11.1 Å². The molecule has 0 saturated carbocycles. The van der Waals surface area contributed by atoms with Crippen LogP contribution in [-0.4, -0.2) is 48.2 Å². The molecule has 2 aromatic carbocycles. The number of aryl methyl sites for hydroxylation is 1. The van der Waals surface area contributed by atoms with Crippen molar-refractivity contribution < 1.29 is 19.1 Å². The van der Waals surface area contributed by atoms with Crippen molar-refractivity contribution in [2.24, 2.45) is 5.73 Å². The Hall–Kier alpha value is -3.94. The summed E-state index contributed by atoms with van der Waals surface area (Å²) in [6, 6.07) is 11.1. The molecule has 0 radical (unpaired) electrons. The number of hydrogen-bond donors (Lipinski definition) is 3. The van der Waals surface area contributed by atoms with Gasteiger partial charge in [0.15, 0.2) is 0 Å². The molecule has 4 N–H and O–H groups in total. The monoisotopic (exact) mass is 448 g/mol. The average molecular weight is 449 g/mol. The van der Waals surface area contributed by atoms with Crippen LogP contribution in [0.2, 0.25) is 0 Å². The SMILES string of the molecule is CCOC(=O)CC(NC(=O)c1ccc(C(=O)N2CC=CC2)c(C)c1)c1cccc(C(=N)N)c1. The molecule has 0 aliphatic carbocycles. The molecule has 1 aliphatic rings. The molecule has 172 valence electrons. The van der Waals surface area contributed by atoms with Gasteiger partial charge in [-0.1, -0.05) is 30.4 Å². The minimum atomic E-state index is -0.673. The van der Waals surface area contributed by atoms with Crippen molar-refractivity contribution in [1.29, 1.82) is 5.41 Å². The van der Waals surface area contributed by atoms with Crippen molar-refractivity contribution in [2.45, 2.75) is 26.3 Å². The van der Waals surface area contributed by atoms with Gasteiger partial charge in [0.05, 0.1) is 19.1 Å². The van der Waals surface area contributed by atoms with Gasteiger partial charge in [-0.25, -0.2) is 0 Å². The minimum absolute atomic E-state index is 0.0710. The van der Waals surface area contributed by atoms with Gasteiger partial charge in [-0.3, -0.25) is 19.8 Å². The van der Waals surface area contributed by atoms with E-state index in [-0.39, 0.29) is 30.7 Å². The second-order valence-corrected chi connectivity index (χ2v) is 7.79. The first kappa shape index (κ1) is 23.7. The lowest BCUT2D eigenvalue weighted by molar-refractivity contribution is -0.143. The fourth-order valence-electron chi connectivity index (χ4n) is 3.66. The number of nitrogen functional groups attached to an aromatic ring is 1. The third-order valence-electron chi connectivity index (χ3n) is 5.41. The molecule has 1 aliphatic heterocycles. The zero-order valence-corrected chi connectivity index (χ0v) is 18.8. The molecule has 8 heteroatoms. The third-order valence-corrected chi connectivity index (χ3v) is 5.41. The summed E-state index contributed by atoms with van der Waals surface area (Å²) in [7, 11) is 0. The van der Waals surface area contributed by atoms with Crippen LogP contribution in [0.15, 0.2) is 54.6 Å².